The van der Waals surface area contributed by atoms with Crippen LogP contribution in [-0.2, 0) is 16.0 Å². The first kappa shape index (κ1) is 19.0. The topological polar surface area (TPSA) is 55.8 Å². The summed E-state index contributed by atoms with van der Waals surface area (Å²) in [6, 6.07) is 1.85. The zero-order valence-electron chi connectivity index (χ0n) is 13.7. The van der Waals surface area contributed by atoms with E-state index in [9.17, 15) is 9.59 Å². The van der Waals surface area contributed by atoms with E-state index in [0.717, 1.165) is 14.2 Å². The number of nitrogens with zero attached hydrogens (tertiary/aromatic N) is 1. The van der Waals surface area contributed by atoms with Crippen molar-refractivity contribution < 1.29 is 19.1 Å². The van der Waals surface area contributed by atoms with Crippen LogP contribution in [0.5, 0.6) is 0 Å². The van der Waals surface area contributed by atoms with Gasteiger partial charge >= 0.3 is 12.2 Å². The predicted molar refractivity (Wildman–Crippen MR) is 90.0 cm³/mol. The van der Waals surface area contributed by atoms with Gasteiger partial charge in [-0.15, -0.1) is 11.3 Å². The minimum atomic E-state index is -0.716. The average molecular weight is 392 g/mol. The molecule has 1 rings (SSSR count). The molecule has 0 spiro atoms. The lowest BCUT2D eigenvalue weighted by Gasteiger charge is -2.28. The highest BCUT2D eigenvalue weighted by Gasteiger charge is 2.31. The van der Waals surface area contributed by atoms with Gasteiger partial charge in [0.05, 0.1) is 6.54 Å². The SMILES string of the molecule is CC(C)(C)OC(=O)N(Cc1cc(Br)cs1)C(=O)OC(C)(C)C. The van der Waals surface area contributed by atoms with Gasteiger partial charge in [-0.3, -0.25) is 0 Å². The summed E-state index contributed by atoms with van der Waals surface area (Å²) >= 11 is 4.80. The van der Waals surface area contributed by atoms with E-state index in [1.165, 1.54) is 11.3 Å². The molecule has 0 aliphatic heterocycles. The van der Waals surface area contributed by atoms with Gasteiger partial charge in [-0.1, -0.05) is 0 Å². The fraction of sp³-hybridized carbons (Fsp3) is 0.600. The zero-order chi connectivity index (χ0) is 17.1. The van der Waals surface area contributed by atoms with Gasteiger partial charge in [-0.2, -0.15) is 0 Å². The van der Waals surface area contributed by atoms with Gasteiger partial charge in [0, 0.05) is 14.7 Å². The van der Waals surface area contributed by atoms with Crippen molar-refractivity contribution in [3.8, 4) is 0 Å². The van der Waals surface area contributed by atoms with E-state index >= 15 is 0 Å². The van der Waals surface area contributed by atoms with Crippen molar-refractivity contribution in [2.45, 2.75) is 59.3 Å². The standard InChI is InChI=1S/C15H22BrNO4S/c1-14(2,3)20-12(18)17(13(19)21-15(4,5)6)8-11-7-10(16)9-22-11/h7,9H,8H2,1-6H3. The van der Waals surface area contributed by atoms with Gasteiger partial charge in [0.25, 0.3) is 0 Å². The second-order valence-corrected chi connectivity index (χ2v) is 8.69. The van der Waals surface area contributed by atoms with Crippen molar-refractivity contribution >= 4 is 39.5 Å². The molecule has 0 aromatic carbocycles. The van der Waals surface area contributed by atoms with Crippen LogP contribution < -0.4 is 0 Å². The number of halogens is 1. The fourth-order valence-corrected chi connectivity index (χ4v) is 2.87. The molecular formula is C15H22BrNO4S. The van der Waals surface area contributed by atoms with Crippen LogP contribution in [0.1, 0.15) is 46.4 Å². The maximum atomic E-state index is 12.3. The number of ether oxygens (including phenoxy) is 2. The Labute approximate surface area is 143 Å². The summed E-state index contributed by atoms with van der Waals surface area (Å²) in [5.74, 6) is 0. The molecule has 0 atom stereocenters. The van der Waals surface area contributed by atoms with Crippen LogP contribution in [0.2, 0.25) is 0 Å². The van der Waals surface area contributed by atoms with E-state index < -0.39 is 23.4 Å². The first-order valence-electron chi connectivity index (χ1n) is 6.84. The van der Waals surface area contributed by atoms with Gasteiger partial charge in [0.2, 0.25) is 0 Å². The number of amides is 2. The summed E-state index contributed by atoms with van der Waals surface area (Å²) in [5.41, 5.74) is -1.37. The maximum Gasteiger partial charge on any atom is 0.420 e. The normalized spacial score (nSPS) is 12.0. The molecule has 5 nitrogen and oxygen atoms in total. The quantitative estimate of drug-likeness (QED) is 0.696. The first-order valence-corrected chi connectivity index (χ1v) is 8.51. The molecule has 0 bridgehead atoms. The lowest BCUT2D eigenvalue weighted by molar-refractivity contribution is -0.0000498. The zero-order valence-corrected chi connectivity index (χ0v) is 16.1. The van der Waals surface area contributed by atoms with Gasteiger partial charge in [-0.25, -0.2) is 14.5 Å². The van der Waals surface area contributed by atoms with Crippen LogP contribution in [-0.4, -0.2) is 28.3 Å². The van der Waals surface area contributed by atoms with E-state index in [-0.39, 0.29) is 6.54 Å². The Hall–Kier alpha value is -1.08. The van der Waals surface area contributed by atoms with E-state index in [0.29, 0.717) is 0 Å². The van der Waals surface area contributed by atoms with Crippen molar-refractivity contribution in [2.75, 3.05) is 0 Å². The minimum absolute atomic E-state index is 0.111. The predicted octanol–water partition coefficient (Wildman–Crippen LogP) is 5.18. The third-order valence-electron chi connectivity index (χ3n) is 2.16. The second-order valence-electron chi connectivity index (χ2n) is 6.78. The monoisotopic (exact) mass is 391 g/mol. The van der Waals surface area contributed by atoms with E-state index in [1.807, 2.05) is 11.4 Å². The number of hydrogen-bond acceptors (Lipinski definition) is 5. The van der Waals surface area contributed by atoms with Crippen LogP contribution in [0.25, 0.3) is 0 Å². The summed E-state index contributed by atoms with van der Waals surface area (Å²) in [4.78, 5) is 26.4. The molecule has 22 heavy (non-hydrogen) atoms. The summed E-state index contributed by atoms with van der Waals surface area (Å²) in [6.45, 7) is 10.6. The molecule has 0 radical (unpaired) electrons. The molecule has 2 amide bonds. The van der Waals surface area contributed by atoms with Crippen LogP contribution in [0.4, 0.5) is 9.59 Å². The molecule has 1 aromatic rings. The second kappa shape index (κ2) is 7.00. The fourth-order valence-electron chi connectivity index (χ4n) is 1.43. The summed E-state index contributed by atoms with van der Waals surface area (Å²) in [7, 11) is 0. The molecule has 0 aliphatic rings. The molecule has 0 fully saturated rings. The molecule has 0 N–H and O–H groups in total. The number of carbonyl (C=O) groups excluding carboxylic acids is 2. The molecule has 0 saturated carbocycles. The van der Waals surface area contributed by atoms with Crippen molar-refractivity contribution in [3.63, 3.8) is 0 Å². The summed E-state index contributed by atoms with van der Waals surface area (Å²) in [6.07, 6.45) is -1.43. The molecule has 0 saturated heterocycles. The highest BCUT2D eigenvalue weighted by atomic mass is 79.9. The molecule has 124 valence electrons. The largest absolute Gasteiger partial charge is 0.443 e. The molecule has 1 heterocycles. The Kier molecular flexibility index (Phi) is 6.03. The Morgan fingerprint density at radius 2 is 1.55 bits per heavy atom. The Morgan fingerprint density at radius 3 is 1.86 bits per heavy atom. The van der Waals surface area contributed by atoms with E-state index in [4.69, 9.17) is 9.47 Å². The van der Waals surface area contributed by atoms with Crippen LogP contribution >= 0.6 is 27.3 Å². The summed E-state index contributed by atoms with van der Waals surface area (Å²) < 4.78 is 11.5. The molecule has 7 heteroatoms. The number of rotatable bonds is 2. The number of carbonyl (C=O) groups is 2. The molecule has 1 aromatic heterocycles. The lowest BCUT2D eigenvalue weighted by atomic mass is 10.2. The van der Waals surface area contributed by atoms with E-state index in [1.54, 1.807) is 41.5 Å². The van der Waals surface area contributed by atoms with Crippen LogP contribution in [0.3, 0.4) is 0 Å². The number of hydrogen-bond donors (Lipinski definition) is 0. The number of imide groups is 1. The Balaban J connectivity index is 2.93. The lowest BCUT2D eigenvalue weighted by Crippen LogP contribution is -2.43. The number of thiophene rings is 1. The first-order chi connectivity index (χ1) is 9.87. The summed E-state index contributed by atoms with van der Waals surface area (Å²) in [5, 5.41) is 1.89. The van der Waals surface area contributed by atoms with E-state index in [2.05, 4.69) is 15.9 Å². The maximum absolute atomic E-state index is 12.3. The smallest absolute Gasteiger partial charge is 0.420 e. The van der Waals surface area contributed by atoms with Gasteiger partial charge in [-0.05, 0) is 63.5 Å². The third kappa shape index (κ3) is 6.79. The highest BCUT2D eigenvalue weighted by Crippen LogP contribution is 2.23. The Morgan fingerprint density at radius 1 is 1.09 bits per heavy atom. The average Bonchev–Trinajstić information content (AvgIpc) is 2.66. The molecule has 0 aliphatic carbocycles. The van der Waals surface area contributed by atoms with Crippen molar-refractivity contribution in [3.05, 3.63) is 20.8 Å². The van der Waals surface area contributed by atoms with Crippen LogP contribution in [0, 0.1) is 0 Å². The van der Waals surface area contributed by atoms with Gasteiger partial charge in [0.1, 0.15) is 11.2 Å². The van der Waals surface area contributed by atoms with Gasteiger partial charge in [0.15, 0.2) is 0 Å². The Bertz CT molecular complexity index is 514. The highest BCUT2D eigenvalue weighted by molar-refractivity contribution is 9.10. The van der Waals surface area contributed by atoms with Gasteiger partial charge < -0.3 is 9.47 Å². The molecule has 0 unspecified atom stereocenters. The van der Waals surface area contributed by atoms with Crippen molar-refractivity contribution in [1.29, 1.82) is 0 Å². The third-order valence-corrected chi connectivity index (χ3v) is 3.85. The molecular weight excluding hydrogens is 370 g/mol. The van der Waals surface area contributed by atoms with Crippen molar-refractivity contribution in [2.24, 2.45) is 0 Å². The van der Waals surface area contributed by atoms with Crippen LogP contribution in [0.15, 0.2) is 15.9 Å². The van der Waals surface area contributed by atoms with Crippen molar-refractivity contribution in [1.82, 2.24) is 4.90 Å². The minimum Gasteiger partial charge on any atom is -0.443 e.